The number of anilines is 1. The van der Waals surface area contributed by atoms with Crippen LogP contribution in [-0.4, -0.2) is 36.3 Å². The molecule has 102 valence electrons. The molecule has 1 saturated heterocycles. The van der Waals surface area contributed by atoms with Gasteiger partial charge in [-0.25, -0.2) is 0 Å². The predicted octanol–water partition coefficient (Wildman–Crippen LogP) is 1.79. The standard InChI is InChI=1S/C13H23N3O2/c1-10(2)14-7-11-8-17-12(15-11)16-5-6-18-13(3,4)9-16/h8,10,14H,5-7,9H2,1-4H3. The van der Waals surface area contributed by atoms with E-state index in [1.807, 2.05) is 0 Å². The van der Waals surface area contributed by atoms with Crippen LogP contribution in [0.3, 0.4) is 0 Å². The molecule has 5 nitrogen and oxygen atoms in total. The van der Waals surface area contributed by atoms with Gasteiger partial charge >= 0.3 is 0 Å². The van der Waals surface area contributed by atoms with Crippen molar-refractivity contribution in [1.29, 1.82) is 0 Å². The van der Waals surface area contributed by atoms with Crippen LogP contribution in [0.25, 0.3) is 0 Å². The van der Waals surface area contributed by atoms with Crippen LogP contribution in [0.2, 0.25) is 0 Å². The molecule has 18 heavy (non-hydrogen) atoms. The summed E-state index contributed by atoms with van der Waals surface area (Å²) in [7, 11) is 0. The van der Waals surface area contributed by atoms with Crippen LogP contribution in [0.5, 0.6) is 0 Å². The molecule has 2 heterocycles. The summed E-state index contributed by atoms with van der Waals surface area (Å²) in [5.74, 6) is 0. The maximum atomic E-state index is 5.68. The van der Waals surface area contributed by atoms with E-state index in [1.165, 1.54) is 0 Å². The van der Waals surface area contributed by atoms with E-state index in [-0.39, 0.29) is 5.60 Å². The van der Waals surface area contributed by atoms with Crippen molar-refractivity contribution in [3.05, 3.63) is 12.0 Å². The fourth-order valence-corrected chi connectivity index (χ4v) is 2.01. The first kappa shape index (κ1) is 13.4. The Balaban J connectivity index is 1.97. The average molecular weight is 253 g/mol. The van der Waals surface area contributed by atoms with Gasteiger partial charge in [0, 0.05) is 19.1 Å². The van der Waals surface area contributed by atoms with Crippen molar-refractivity contribution in [2.45, 2.75) is 45.9 Å². The van der Waals surface area contributed by atoms with Crippen molar-refractivity contribution >= 4 is 6.01 Å². The highest BCUT2D eigenvalue weighted by Crippen LogP contribution is 2.22. The second-order valence-corrected chi connectivity index (χ2v) is 5.69. The molecular weight excluding hydrogens is 230 g/mol. The molecule has 0 saturated carbocycles. The number of ether oxygens (including phenoxy) is 1. The number of rotatable bonds is 4. The normalized spacial score (nSPS) is 19.5. The van der Waals surface area contributed by atoms with Crippen molar-refractivity contribution in [3.63, 3.8) is 0 Å². The molecule has 1 aromatic heterocycles. The maximum Gasteiger partial charge on any atom is 0.297 e. The van der Waals surface area contributed by atoms with Crippen molar-refractivity contribution < 1.29 is 9.15 Å². The molecule has 1 fully saturated rings. The van der Waals surface area contributed by atoms with E-state index >= 15 is 0 Å². The highest BCUT2D eigenvalue weighted by Gasteiger charge is 2.29. The zero-order valence-corrected chi connectivity index (χ0v) is 11.7. The topological polar surface area (TPSA) is 50.5 Å². The summed E-state index contributed by atoms with van der Waals surface area (Å²) >= 11 is 0. The van der Waals surface area contributed by atoms with Gasteiger partial charge in [-0.2, -0.15) is 4.98 Å². The minimum Gasteiger partial charge on any atom is -0.432 e. The Morgan fingerprint density at radius 2 is 2.28 bits per heavy atom. The summed E-state index contributed by atoms with van der Waals surface area (Å²) in [6, 6.07) is 1.15. The molecule has 5 heteroatoms. The van der Waals surface area contributed by atoms with Crippen LogP contribution in [0.4, 0.5) is 6.01 Å². The third kappa shape index (κ3) is 3.46. The Morgan fingerprint density at radius 1 is 1.50 bits per heavy atom. The van der Waals surface area contributed by atoms with E-state index in [1.54, 1.807) is 6.26 Å². The third-order valence-corrected chi connectivity index (χ3v) is 2.93. The lowest BCUT2D eigenvalue weighted by Crippen LogP contribution is -2.48. The molecule has 1 aliphatic heterocycles. The fraction of sp³-hybridized carbons (Fsp3) is 0.769. The van der Waals surface area contributed by atoms with Crippen molar-refractivity contribution in [3.8, 4) is 0 Å². The second-order valence-electron chi connectivity index (χ2n) is 5.69. The molecule has 0 atom stereocenters. The van der Waals surface area contributed by atoms with Gasteiger partial charge in [0.25, 0.3) is 6.01 Å². The highest BCUT2D eigenvalue weighted by atomic mass is 16.5. The number of nitrogens with zero attached hydrogens (tertiary/aromatic N) is 2. The molecule has 1 N–H and O–H groups in total. The van der Waals surface area contributed by atoms with Gasteiger partial charge in [0.05, 0.1) is 24.4 Å². The minimum absolute atomic E-state index is 0.136. The molecular formula is C13H23N3O2. The van der Waals surface area contributed by atoms with Crippen LogP contribution in [0.15, 0.2) is 10.7 Å². The molecule has 2 rings (SSSR count). The lowest BCUT2D eigenvalue weighted by Gasteiger charge is -2.37. The Hall–Kier alpha value is -1.07. The minimum atomic E-state index is -0.136. The summed E-state index contributed by atoms with van der Waals surface area (Å²) < 4.78 is 11.2. The third-order valence-electron chi connectivity index (χ3n) is 2.93. The van der Waals surface area contributed by atoms with E-state index < -0.39 is 0 Å². The van der Waals surface area contributed by atoms with Gasteiger partial charge < -0.3 is 19.4 Å². The maximum absolute atomic E-state index is 5.68. The highest BCUT2D eigenvalue weighted by molar-refractivity contribution is 5.28. The first-order chi connectivity index (χ1) is 8.46. The Bertz CT molecular complexity index is 387. The van der Waals surface area contributed by atoms with E-state index in [0.29, 0.717) is 12.1 Å². The number of hydrogen-bond acceptors (Lipinski definition) is 5. The predicted molar refractivity (Wildman–Crippen MR) is 70.7 cm³/mol. The summed E-state index contributed by atoms with van der Waals surface area (Å²) in [5.41, 5.74) is 0.811. The van der Waals surface area contributed by atoms with E-state index in [9.17, 15) is 0 Å². The van der Waals surface area contributed by atoms with Crippen LogP contribution < -0.4 is 10.2 Å². The largest absolute Gasteiger partial charge is 0.432 e. The monoisotopic (exact) mass is 253 g/mol. The van der Waals surface area contributed by atoms with Crippen molar-refractivity contribution in [2.75, 3.05) is 24.6 Å². The molecule has 0 bridgehead atoms. The number of nitrogens with one attached hydrogen (secondary N) is 1. The van der Waals surface area contributed by atoms with Gasteiger partial charge in [-0.3, -0.25) is 0 Å². The fourth-order valence-electron chi connectivity index (χ4n) is 2.01. The zero-order chi connectivity index (χ0) is 13.2. The molecule has 0 spiro atoms. The number of oxazole rings is 1. The van der Waals surface area contributed by atoms with Gasteiger partial charge in [-0.05, 0) is 13.8 Å². The zero-order valence-electron chi connectivity index (χ0n) is 11.7. The lowest BCUT2D eigenvalue weighted by atomic mass is 10.1. The Morgan fingerprint density at radius 3 is 2.94 bits per heavy atom. The van der Waals surface area contributed by atoms with Crippen LogP contribution in [0.1, 0.15) is 33.4 Å². The van der Waals surface area contributed by atoms with Gasteiger partial charge in [-0.15, -0.1) is 0 Å². The Labute approximate surface area is 109 Å². The van der Waals surface area contributed by atoms with Crippen LogP contribution in [-0.2, 0) is 11.3 Å². The second kappa shape index (κ2) is 5.28. The molecule has 0 aliphatic carbocycles. The molecule has 0 amide bonds. The molecule has 0 unspecified atom stereocenters. The number of aromatic nitrogens is 1. The Kier molecular flexibility index (Phi) is 3.92. The van der Waals surface area contributed by atoms with Gasteiger partial charge in [-0.1, -0.05) is 13.8 Å². The lowest BCUT2D eigenvalue weighted by molar-refractivity contribution is -0.0290. The summed E-state index contributed by atoms with van der Waals surface area (Å²) in [6.07, 6.45) is 1.73. The van der Waals surface area contributed by atoms with Crippen LogP contribution >= 0.6 is 0 Å². The van der Waals surface area contributed by atoms with E-state index in [2.05, 4.69) is 42.9 Å². The SMILES string of the molecule is CC(C)NCc1coc(N2CCOC(C)(C)C2)n1. The van der Waals surface area contributed by atoms with Gasteiger partial charge in [0.2, 0.25) is 0 Å². The summed E-state index contributed by atoms with van der Waals surface area (Å²) in [4.78, 5) is 6.65. The molecule has 1 aliphatic rings. The van der Waals surface area contributed by atoms with Crippen molar-refractivity contribution in [2.24, 2.45) is 0 Å². The van der Waals surface area contributed by atoms with E-state index in [0.717, 1.165) is 31.9 Å². The summed E-state index contributed by atoms with van der Waals surface area (Å²) in [5, 5.41) is 3.33. The summed E-state index contributed by atoms with van der Waals surface area (Å²) in [6.45, 7) is 11.5. The van der Waals surface area contributed by atoms with Gasteiger partial charge in [0.1, 0.15) is 6.26 Å². The number of morpholine rings is 1. The first-order valence-electron chi connectivity index (χ1n) is 6.53. The first-order valence-corrected chi connectivity index (χ1v) is 6.53. The molecule has 0 aromatic carbocycles. The molecule has 0 radical (unpaired) electrons. The van der Waals surface area contributed by atoms with E-state index in [4.69, 9.17) is 9.15 Å². The van der Waals surface area contributed by atoms with Crippen molar-refractivity contribution in [1.82, 2.24) is 10.3 Å². The smallest absolute Gasteiger partial charge is 0.297 e. The number of hydrogen-bond donors (Lipinski definition) is 1. The average Bonchev–Trinajstić information content (AvgIpc) is 2.73. The molecule has 1 aromatic rings. The quantitative estimate of drug-likeness (QED) is 0.886. The van der Waals surface area contributed by atoms with Gasteiger partial charge in [0.15, 0.2) is 0 Å². The van der Waals surface area contributed by atoms with Crippen LogP contribution in [0, 0.1) is 0 Å².